The van der Waals surface area contributed by atoms with Crippen molar-refractivity contribution in [1.82, 2.24) is 15.1 Å². The summed E-state index contributed by atoms with van der Waals surface area (Å²) in [5.41, 5.74) is 2.74. The Morgan fingerprint density at radius 3 is 2.03 bits per heavy atom. The molecule has 33 heavy (non-hydrogen) atoms. The predicted octanol–water partition coefficient (Wildman–Crippen LogP) is 5.11. The molecule has 1 aliphatic heterocycles. The van der Waals surface area contributed by atoms with Gasteiger partial charge in [-0.15, -0.1) is 0 Å². The molecule has 1 saturated heterocycles. The van der Waals surface area contributed by atoms with Gasteiger partial charge in [-0.05, 0) is 63.1 Å². The van der Waals surface area contributed by atoms with E-state index in [9.17, 15) is 9.18 Å². The van der Waals surface area contributed by atoms with Gasteiger partial charge in [-0.25, -0.2) is 4.39 Å². The molecule has 1 aliphatic rings. The lowest BCUT2D eigenvalue weighted by Crippen LogP contribution is -2.45. The number of nitrogens with zero attached hydrogens (tertiary/aromatic N) is 2. The number of amides is 1. The SMILES string of the molecule is CC.COc1cc(C(c2ccc(C(=O)N(C(C)C)C(C)C)cc2)N2CCNCC2)ccc1F. The van der Waals surface area contributed by atoms with Gasteiger partial charge in [0.1, 0.15) is 0 Å². The molecule has 1 fully saturated rings. The van der Waals surface area contributed by atoms with Crippen molar-refractivity contribution in [2.45, 2.75) is 59.7 Å². The van der Waals surface area contributed by atoms with E-state index in [0.29, 0.717) is 5.56 Å². The van der Waals surface area contributed by atoms with Gasteiger partial charge >= 0.3 is 0 Å². The fourth-order valence-electron chi connectivity index (χ4n) is 4.42. The molecule has 182 valence electrons. The molecule has 0 saturated carbocycles. The number of rotatable bonds is 7. The Morgan fingerprint density at radius 1 is 0.970 bits per heavy atom. The highest BCUT2D eigenvalue weighted by Crippen LogP contribution is 2.32. The van der Waals surface area contributed by atoms with Gasteiger partial charge in [0.05, 0.1) is 13.2 Å². The van der Waals surface area contributed by atoms with Crippen molar-refractivity contribution in [3.63, 3.8) is 0 Å². The number of hydrogen-bond donors (Lipinski definition) is 1. The molecule has 2 aromatic rings. The number of carbonyl (C=O) groups excluding carboxylic acids is 1. The molecular formula is C27H40FN3O2. The fraction of sp³-hybridized carbons (Fsp3) is 0.519. The van der Waals surface area contributed by atoms with E-state index in [-0.39, 0.29) is 35.6 Å². The summed E-state index contributed by atoms with van der Waals surface area (Å²) < 4.78 is 19.3. The molecular weight excluding hydrogens is 417 g/mol. The minimum Gasteiger partial charge on any atom is -0.494 e. The Balaban J connectivity index is 0.00000187. The lowest BCUT2D eigenvalue weighted by Gasteiger charge is -2.36. The van der Waals surface area contributed by atoms with Crippen LogP contribution in [0.2, 0.25) is 0 Å². The van der Waals surface area contributed by atoms with Gasteiger partial charge in [0, 0.05) is 43.8 Å². The summed E-state index contributed by atoms with van der Waals surface area (Å²) in [7, 11) is 1.48. The zero-order valence-corrected chi connectivity index (χ0v) is 21.2. The minimum atomic E-state index is -0.367. The van der Waals surface area contributed by atoms with Crippen LogP contribution in [0.25, 0.3) is 0 Å². The molecule has 1 N–H and O–H groups in total. The van der Waals surface area contributed by atoms with Gasteiger partial charge in [0.2, 0.25) is 0 Å². The third-order valence-electron chi connectivity index (χ3n) is 5.83. The highest BCUT2D eigenvalue weighted by molar-refractivity contribution is 5.94. The first-order chi connectivity index (χ1) is 15.8. The minimum absolute atomic E-state index is 0.0351. The van der Waals surface area contributed by atoms with Gasteiger partial charge in [-0.2, -0.15) is 0 Å². The second-order valence-corrected chi connectivity index (χ2v) is 8.60. The van der Waals surface area contributed by atoms with Crippen LogP contribution in [0.4, 0.5) is 4.39 Å². The number of benzene rings is 2. The Labute approximate surface area is 198 Å². The molecule has 6 heteroatoms. The third kappa shape index (κ3) is 6.55. The summed E-state index contributed by atoms with van der Waals surface area (Å²) in [6, 6.07) is 13.2. The lowest BCUT2D eigenvalue weighted by atomic mass is 9.95. The van der Waals surface area contributed by atoms with E-state index in [2.05, 4.69) is 10.2 Å². The molecule has 0 spiro atoms. The third-order valence-corrected chi connectivity index (χ3v) is 5.83. The first kappa shape index (κ1) is 26.8. The standard InChI is InChI=1S/C25H34FN3O2.C2H6/c1-17(2)29(18(3)4)25(30)20-8-6-19(7-9-20)24(28-14-12-27-13-15-28)21-10-11-22(26)23(16-21)31-5;1-2/h6-11,16-18,24,27H,12-15H2,1-5H3;1-2H3. The summed E-state index contributed by atoms with van der Waals surface area (Å²) >= 11 is 0. The number of methoxy groups -OCH3 is 1. The first-order valence-electron chi connectivity index (χ1n) is 12.0. The summed E-state index contributed by atoms with van der Waals surface area (Å²) in [6.45, 7) is 15.7. The highest BCUT2D eigenvalue weighted by atomic mass is 19.1. The van der Waals surface area contributed by atoms with Crippen molar-refractivity contribution in [2.75, 3.05) is 33.3 Å². The van der Waals surface area contributed by atoms with E-state index in [4.69, 9.17) is 4.74 Å². The van der Waals surface area contributed by atoms with Crippen molar-refractivity contribution in [3.05, 3.63) is 65.0 Å². The molecule has 0 radical (unpaired) electrons. The van der Waals surface area contributed by atoms with Crippen molar-refractivity contribution >= 4 is 5.91 Å². The maximum Gasteiger partial charge on any atom is 0.254 e. The van der Waals surface area contributed by atoms with E-state index < -0.39 is 0 Å². The van der Waals surface area contributed by atoms with Crippen molar-refractivity contribution in [2.24, 2.45) is 0 Å². The maximum absolute atomic E-state index is 14.0. The summed E-state index contributed by atoms with van der Waals surface area (Å²) in [5.74, 6) is -0.0821. The molecule has 2 aromatic carbocycles. The summed E-state index contributed by atoms with van der Waals surface area (Å²) in [6.07, 6.45) is 0. The summed E-state index contributed by atoms with van der Waals surface area (Å²) in [5, 5.41) is 3.39. The fourth-order valence-corrected chi connectivity index (χ4v) is 4.42. The average Bonchev–Trinajstić information content (AvgIpc) is 2.82. The largest absolute Gasteiger partial charge is 0.494 e. The van der Waals surface area contributed by atoms with Crippen LogP contribution < -0.4 is 10.1 Å². The molecule has 3 rings (SSSR count). The van der Waals surface area contributed by atoms with Crippen LogP contribution in [0.1, 0.15) is 69.1 Å². The number of ether oxygens (including phenoxy) is 1. The quantitative estimate of drug-likeness (QED) is 0.627. The van der Waals surface area contributed by atoms with Gasteiger partial charge < -0.3 is 15.0 Å². The van der Waals surface area contributed by atoms with Gasteiger partial charge in [0.15, 0.2) is 11.6 Å². The van der Waals surface area contributed by atoms with Crippen molar-refractivity contribution in [1.29, 1.82) is 0 Å². The number of hydrogen-bond acceptors (Lipinski definition) is 4. The predicted molar refractivity (Wildman–Crippen MR) is 133 cm³/mol. The molecule has 1 heterocycles. The molecule has 0 aromatic heterocycles. The van der Waals surface area contributed by atoms with Gasteiger partial charge in [-0.1, -0.05) is 32.0 Å². The number of halogens is 1. The van der Waals surface area contributed by atoms with Crippen LogP contribution in [0, 0.1) is 5.82 Å². The average molecular weight is 458 g/mol. The number of nitrogens with one attached hydrogen (secondary N) is 1. The van der Waals surface area contributed by atoms with Crippen LogP contribution in [-0.4, -0.2) is 61.1 Å². The topological polar surface area (TPSA) is 44.8 Å². The first-order valence-corrected chi connectivity index (χ1v) is 12.0. The Morgan fingerprint density at radius 2 is 1.52 bits per heavy atom. The zero-order valence-electron chi connectivity index (χ0n) is 21.2. The van der Waals surface area contributed by atoms with E-state index in [1.807, 2.05) is 76.8 Å². The molecule has 0 bridgehead atoms. The Kier molecular flexibility index (Phi) is 10.3. The van der Waals surface area contributed by atoms with E-state index >= 15 is 0 Å². The van der Waals surface area contributed by atoms with E-state index in [1.165, 1.54) is 13.2 Å². The van der Waals surface area contributed by atoms with Crippen molar-refractivity contribution < 1.29 is 13.9 Å². The zero-order chi connectivity index (χ0) is 24.5. The van der Waals surface area contributed by atoms with Crippen LogP contribution >= 0.6 is 0 Å². The second-order valence-electron chi connectivity index (χ2n) is 8.60. The second kappa shape index (κ2) is 12.7. The van der Waals surface area contributed by atoms with Crippen LogP contribution in [0.15, 0.2) is 42.5 Å². The van der Waals surface area contributed by atoms with E-state index in [1.54, 1.807) is 6.07 Å². The van der Waals surface area contributed by atoms with Crippen molar-refractivity contribution in [3.8, 4) is 5.75 Å². The maximum atomic E-state index is 14.0. The van der Waals surface area contributed by atoms with Gasteiger partial charge in [0.25, 0.3) is 5.91 Å². The monoisotopic (exact) mass is 457 g/mol. The molecule has 1 unspecified atom stereocenters. The number of piperazine rings is 1. The molecule has 1 amide bonds. The molecule has 5 nitrogen and oxygen atoms in total. The number of carbonyl (C=O) groups is 1. The highest BCUT2D eigenvalue weighted by Gasteiger charge is 2.26. The summed E-state index contributed by atoms with van der Waals surface area (Å²) in [4.78, 5) is 17.3. The van der Waals surface area contributed by atoms with Gasteiger partial charge in [-0.3, -0.25) is 9.69 Å². The van der Waals surface area contributed by atoms with Crippen LogP contribution in [0.3, 0.4) is 0 Å². The Hall–Kier alpha value is -2.44. The molecule has 0 aliphatic carbocycles. The lowest BCUT2D eigenvalue weighted by molar-refractivity contribution is 0.0643. The van der Waals surface area contributed by atoms with Crippen LogP contribution in [0.5, 0.6) is 5.75 Å². The molecule has 1 atom stereocenters. The Bertz CT molecular complexity index is 869. The van der Waals surface area contributed by atoms with Crippen LogP contribution in [-0.2, 0) is 0 Å². The van der Waals surface area contributed by atoms with E-state index in [0.717, 1.165) is 37.3 Å². The normalized spacial score (nSPS) is 15.1. The smallest absolute Gasteiger partial charge is 0.254 e.